The minimum atomic E-state index is -0.446. The Hall–Kier alpha value is -9.88. The largest absolute Gasteiger partial charge is 0.425 e. The van der Waals surface area contributed by atoms with E-state index in [4.69, 9.17) is 28.3 Å². The molecule has 0 amide bonds. The Kier molecular flexibility index (Phi) is 42.9. The smallest absolute Gasteiger partial charge is 0.260 e. The number of hydrogen-bond acceptors (Lipinski definition) is 7. The standard InChI is InChI=1S/4C18H15P.2C9H9BN6.C2H6O.CH2Cl2.2ClH.2Ru/c4*1-4-10-16(11-5-1)19(17-12-6-2-7-13-17)18-14-8-3-9-15-18;2*1-4-11-14(7-1)10(15-8-2-5-12-15)16-9-3-6-13-16;1-2-3;2-1-3;;;;/h4*1-15H;2*1-9H;3H,2H2,1H3;1H2;2*1H;;/q;;;;2*-1;;;;;2*+2/p-2. The Labute approximate surface area is 737 Å². The molecule has 0 saturated heterocycles. The van der Waals surface area contributed by atoms with Gasteiger partial charge < -0.3 is 32.7 Å². The molecule has 0 aliphatic heterocycles. The normalized spacial score (nSPS) is 10.2. The topological polar surface area (TPSA) is 127 Å². The first kappa shape index (κ1) is 92.0. The van der Waals surface area contributed by atoms with Gasteiger partial charge in [-0.1, -0.05) is 364 Å². The fraction of sp³-hybridized carbons (Fsp3) is 0.0323. The van der Waals surface area contributed by atoms with E-state index in [1.165, 1.54) is 63.7 Å². The van der Waals surface area contributed by atoms with Crippen LogP contribution in [0.1, 0.15) is 6.92 Å². The van der Waals surface area contributed by atoms with Crippen molar-refractivity contribution in [3.05, 3.63) is 475 Å². The number of alkyl halides is 2. The molecule has 6 aromatic heterocycles. The molecule has 0 atom stereocenters. The third-order valence-corrected chi connectivity index (χ3v) is 26.5. The van der Waals surface area contributed by atoms with Crippen molar-refractivity contribution in [2.45, 2.75) is 6.92 Å². The van der Waals surface area contributed by atoms with E-state index in [0.717, 1.165) is 0 Å². The molecule has 1 N–H and O–H groups in total. The maximum atomic E-state index is 7.57. The first-order chi connectivity index (χ1) is 58.5. The summed E-state index contributed by atoms with van der Waals surface area (Å²) in [6, 6.07) is 141. The number of aromatic nitrogens is 12. The van der Waals surface area contributed by atoms with Crippen LogP contribution in [0.2, 0.25) is 0 Å². The maximum Gasteiger partial charge on any atom is 0.260 e. The van der Waals surface area contributed by atoms with E-state index >= 15 is 0 Å². The first-order valence-corrected chi connectivity index (χ1v) is 48.2. The van der Waals surface area contributed by atoms with Gasteiger partial charge in [-0.15, -0.1) is 23.2 Å². The quantitative estimate of drug-likeness (QED) is 0.0515. The van der Waals surface area contributed by atoms with Crippen molar-refractivity contribution in [2.75, 3.05) is 11.9 Å². The molecule has 0 aliphatic rings. The van der Waals surface area contributed by atoms with Crippen molar-refractivity contribution in [1.29, 1.82) is 0 Å². The molecule has 6 heterocycles. The molecule has 0 unspecified atom stereocenters. The average Bonchev–Trinajstić information content (AvgIpc) is 1.62. The second-order valence-corrected chi connectivity index (χ2v) is 34.1. The zero-order chi connectivity index (χ0) is 82.7. The third-order valence-electron chi connectivity index (χ3n) is 16.7. The van der Waals surface area contributed by atoms with Crippen LogP contribution in [-0.4, -0.2) is 89.4 Å². The molecular weight excluding hydrogens is 1790 g/mol. The molecule has 0 bridgehead atoms. The van der Waals surface area contributed by atoms with Gasteiger partial charge in [0.05, 0.1) is 5.34 Å². The van der Waals surface area contributed by atoms with Crippen molar-refractivity contribution >= 4 is 152 Å². The number of halogens is 4. The molecule has 594 valence electrons. The van der Waals surface area contributed by atoms with Crippen molar-refractivity contribution in [2.24, 2.45) is 0 Å². The first-order valence-electron chi connectivity index (χ1n) is 37.3. The van der Waals surface area contributed by atoms with Gasteiger partial charge in [0.15, 0.2) is 0 Å². The summed E-state index contributed by atoms with van der Waals surface area (Å²) in [6.45, 7) is 1.93. The van der Waals surface area contributed by atoms with Gasteiger partial charge in [0.25, 0.3) is 14.2 Å². The summed E-state index contributed by atoms with van der Waals surface area (Å²) in [5.74, 6) is 0. The van der Waals surface area contributed by atoms with Crippen LogP contribution in [0.25, 0.3) is 0 Å². The van der Waals surface area contributed by atoms with Gasteiger partial charge in [0, 0.05) is 43.8 Å². The van der Waals surface area contributed by atoms with E-state index in [1.54, 1.807) is 71.7 Å². The number of rotatable bonds is 18. The summed E-state index contributed by atoms with van der Waals surface area (Å²) in [5.41, 5.74) is 0. The molecule has 18 rings (SSSR count). The zero-order valence-corrected chi connectivity index (χ0v) is 74.5. The van der Waals surface area contributed by atoms with Gasteiger partial charge in [-0.2, -0.15) is 0 Å². The molecule has 2 radical (unpaired) electrons. The van der Waals surface area contributed by atoms with Crippen LogP contribution in [0.15, 0.2) is 475 Å². The number of aliphatic hydroxyl groups is 1. The third kappa shape index (κ3) is 29.3. The van der Waals surface area contributed by atoms with Crippen LogP contribution < -0.4 is 63.7 Å². The van der Waals surface area contributed by atoms with Crippen LogP contribution >= 0.6 is 74.3 Å². The Morgan fingerprint density at radius 2 is 0.314 bits per heavy atom. The van der Waals surface area contributed by atoms with Crippen molar-refractivity contribution < 1.29 is 39.7 Å². The van der Waals surface area contributed by atoms with E-state index in [-0.39, 0.29) is 26.2 Å². The average molecular weight is 1880 g/mol. The van der Waals surface area contributed by atoms with Gasteiger partial charge in [0.1, 0.15) is 0 Å². The van der Waals surface area contributed by atoms with Crippen LogP contribution in [0.3, 0.4) is 0 Å². The van der Waals surface area contributed by atoms with E-state index < -0.39 is 31.7 Å². The minimum Gasteiger partial charge on any atom is -0.425 e. The van der Waals surface area contributed by atoms with Gasteiger partial charge >= 0.3 is 54.0 Å². The Balaban J connectivity index is 0.000000158. The Bertz CT molecular complexity index is 4280. The molecule has 25 heteroatoms. The molecule has 0 aliphatic carbocycles. The van der Waals surface area contributed by atoms with Gasteiger partial charge in [-0.05, 0) is 176 Å². The van der Waals surface area contributed by atoms with E-state index in [1.807, 2.05) is 108 Å². The van der Waals surface area contributed by atoms with Crippen LogP contribution in [0.5, 0.6) is 0 Å². The predicted molar refractivity (Wildman–Crippen MR) is 499 cm³/mol. The van der Waals surface area contributed by atoms with E-state index in [0.29, 0.717) is 0 Å². The molecule has 0 spiro atoms. The predicted octanol–water partition coefficient (Wildman–Crippen LogP) is 17.0. The Morgan fingerprint density at radius 1 is 0.220 bits per heavy atom. The SMILES string of the molecule is CCO.ClCCl.[Cl][Ru+].[Cl][Ru+].c1ccc(P(c2ccccc2)c2ccccc2)cc1.c1ccc(P(c2ccccc2)c2ccccc2)cc1.c1ccc(P(c2ccccc2)c2ccccc2)cc1.c1ccc(P(c2ccccc2)c2ccccc2)cc1.c1cnn([B-](n2cccn2)n2cccn2)c1.c1cnn([B-](n2cccn2)n2cccn2)c1. The molecule has 18 aromatic rings. The van der Waals surface area contributed by atoms with Crippen molar-refractivity contribution in [1.82, 2.24) is 58.1 Å². The summed E-state index contributed by atoms with van der Waals surface area (Å²) in [7, 11) is 6.96. The molecule has 118 heavy (non-hydrogen) atoms. The summed E-state index contributed by atoms with van der Waals surface area (Å²) in [5, 5.41) is 49.9. The second kappa shape index (κ2) is 55.0. The number of aliphatic hydroxyl groups excluding tert-OH is 1. The van der Waals surface area contributed by atoms with Crippen molar-refractivity contribution in [3.8, 4) is 0 Å². The minimum absolute atomic E-state index is 0.194. The molecule has 13 nitrogen and oxygen atoms in total. The van der Waals surface area contributed by atoms with Crippen LogP contribution in [0.4, 0.5) is 0 Å². The van der Waals surface area contributed by atoms with Crippen molar-refractivity contribution in [3.63, 3.8) is 0 Å². The molecule has 0 fully saturated rings. The summed E-state index contributed by atoms with van der Waals surface area (Å²) < 4.78 is 10.8. The summed E-state index contributed by atoms with van der Waals surface area (Å²) in [4.78, 5) is 0. The van der Waals surface area contributed by atoms with Crippen LogP contribution in [-0.2, 0) is 34.6 Å². The summed E-state index contributed by atoms with van der Waals surface area (Å²) >= 11 is 13.2. The van der Waals surface area contributed by atoms with E-state index in [2.05, 4.69) is 414 Å². The number of nitrogens with zero attached hydrogens (tertiary/aromatic N) is 12. The van der Waals surface area contributed by atoms with Gasteiger partial charge in [0.2, 0.25) is 0 Å². The maximum absolute atomic E-state index is 7.57. The number of hydrogen-bond donors (Lipinski definition) is 1. The zero-order valence-electron chi connectivity index (χ0n) is 64.4. The van der Waals surface area contributed by atoms with Crippen LogP contribution in [0, 0.1) is 0 Å². The molecular formula is C93H86B2Cl4N12OP4Ru2. The summed E-state index contributed by atoms with van der Waals surface area (Å²) in [6.07, 6.45) is 21.7. The second-order valence-electron chi connectivity index (χ2n) is 24.4. The molecule has 12 aromatic carbocycles. The fourth-order valence-corrected chi connectivity index (χ4v) is 21.2. The van der Waals surface area contributed by atoms with Gasteiger partial charge in [-0.3, -0.25) is 0 Å². The Morgan fingerprint density at radius 3 is 0.390 bits per heavy atom. The monoisotopic (exact) mass is 1880 g/mol. The van der Waals surface area contributed by atoms with E-state index in [9.17, 15) is 0 Å². The van der Waals surface area contributed by atoms with Gasteiger partial charge in [-0.25, -0.2) is 30.6 Å². The fourth-order valence-electron chi connectivity index (χ4n) is 11.9. The molecule has 0 saturated carbocycles. The number of benzene rings is 12.